The fraction of sp³-hybridized carbons (Fsp3) is 0.400. The maximum absolute atomic E-state index is 13.4. The van der Waals surface area contributed by atoms with E-state index in [1.807, 2.05) is 0 Å². The highest BCUT2D eigenvalue weighted by molar-refractivity contribution is 7.90. The van der Waals surface area contributed by atoms with Crippen LogP contribution in [0.25, 0.3) is 0 Å². The average molecular weight is 437 g/mol. The maximum Gasteiger partial charge on any atom is 0.244 e. The molecule has 2 heterocycles. The lowest BCUT2D eigenvalue weighted by molar-refractivity contribution is 0.203. The molecule has 1 saturated heterocycles. The van der Waals surface area contributed by atoms with Crippen LogP contribution in [0.15, 0.2) is 53.4 Å². The van der Waals surface area contributed by atoms with Crippen LogP contribution in [-0.2, 0) is 32.1 Å². The fourth-order valence-electron chi connectivity index (χ4n) is 4.53. The van der Waals surface area contributed by atoms with Crippen molar-refractivity contribution in [3.8, 4) is 0 Å². The number of fused-ring (bicyclic) bond motifs is 2. The van der Waals surface area contributed by atoms with E-state index in [2.05, 4.69) is 0 Å². The normalized spacial score (nSPS) is 26.8. The largest absolute Gasteiger partial charge is 0.244 e. The summed E-state index contributed by atoms with van der Waals surface area (Å²) in [5.74, 6) is -0.390. The number of halogens is 1. The van der Waals surface area contributed by atoms with Gasteiger partial charge in [0.05, 0.1) is 15.7 Å². The van der Waals surface area contributed by atoms with Gasteiger partial charge in [0.25, 0.3) is 0 Å². The molecule has 0 aromatic heterocycles. The monoisotopic (exact) mass is 436 g/mol. The van der Waals surface area contributed by atoms with Crippen LogP contribution in [-0.4, -0.2) is 43.8 Å². The van der Waals surface area contributed by atoms with Crippen molar-refractivity contribution in [3.05, 3.63) is 65.5 Å². The van der Waals surface area contributed by atoms with Gasteiger partial charge in [-0.25, -0.2) is 21.2 Å². The van der Waals surface area contributed by atoms with Crippen LogP contribution in [0.4, 0.5) is 4.39 Å². The van der Waals surface area contributed by atoms with E-state index in [4.69, 9.17) is 0 Å². The molecule has 0 amide bonds. The molecule has 1 saturated carbocycles. The average Bonchev–Trinajstić information content (AvgIpc) is 3.44. The smallest absolute Gasteiger partial charge is 0.212 e. The van der Waals surface area contributed by atoms with Gasteiger partial charge in [0.2, 0.25) is 20.0 Å². The van der Waals surface area contributed by atoms with E-state index in [1.165, 1.54) is 20.7 Å². The SMILES string of the molecule is O=S1(=O)c2ccccc2[C@]2(CCN(S(=O)(=O)C3CC3)C2)N1Cc1ccc(F)cc1. The minimum absolute atomic E-state index is 0.0641. The zero-order valence-electron chi connectivity index (χ0n) is 15.7. The molecule has 29 heavy (non-hydrogen) atoms. The summed E-state index contributed by atoms with van der Waals surface area (Å²) in [4.78, 5) is 0.229. The van der Waals surface area contributed by atoms with E-state index in [0.717, 1.165) is 0 Å². The zero-order chi connectivity index (χ0) is 20.4. The van der Waals surface area contributed by atoms with Crippen molar-refractivity contribution in [1.29, 1.82) is 0 Å². The van der Waals surface area contributed by atoms with Gasteiger partial charge in [-0.1, -0.05) is 30.3 Å². The molecule has 2 fully saturated rings. The summed E-state index contributed by atoms with van der Waals surface area (Å²) in [6.07, 6.45) is 1.73. The fourth-order valence-corrected chi connectivity index (χ4v) is 8.47. The van der Waals surface area contributed by atoms with Crippen LogP contribution in [0.1, 0.15) is 30.4 Å². The lowest BCUT2D eigenvalue weighted by Crippen LogP contribution is -2.46. The zero-order valence-corrected chi connectivity index (χ0v) is 17.3. The standard InChI is InChI=1S/C20H21FN2O4S2/c21-16-7-5-15(6-8-16)13-23-20(18-3-1-2-4-19(18)29(23,26)27)11-12-22(14-20)28(24,25)17-9-10-17/h1-8,17H,9-14H2/t20-/m1/s1. The van der Waals surface area contributed by atoms with Crippen LogP contribution in [0, 0.1) is 5.82 Å². The minimum atomic E-state index is -3.80. The topological polar surface area (TPSA) is 74.8 Å². The predicted octanol–water partition coefficient (Wildman–Crippen LogP) is 2.42. The van der Waals surface area contributed by atoms with E-state index in [1.54, 1.807) is 36.4 Å². The first kappa shape index (κ1) is 19.2. The predicted molar refractivity (Wildman–Crippen MR) is 105 cm³/mol. The van der Waals surface area contributed by atoms with Crippen LogP contribution < -0.4 is 0 Å². The summed E-state index contributed by atoms with van der Waals surface area (Å²) >= 11 is 0. The van der Waals surface area contributed by atoms with E-state index in [9.17, 15) is 21.2 Å². The van der Waals surface area contributed by atoms with Gasteiger partial charge >= 0.3 is 0 Å². The van der Waals surface area contributed by atoms with Crippen molar-refractivity contribution in [2.24, 2.45) is 0 Å². The first-order valence-electron chi connectivity index (χ1n) is 9.61. The first-order chi connectivity index (χ1) is 13.7. The second kappa shape index (κ2) is 6.34. The minimum Gasteiger partial charge on any atom is -0.212 e. The molecule has 5 rings (SSSR count). The van der Waals surface area contributed by atoms with Crippen molar-refractivity contribution in [1.82, 2.24) is 8.61 Å². The van der Waals surface area contributed by atoms with Gasteiger partial charge in [0.1, 0.15) is 5.82 Å². The Morgan fingerprint density at radius 3 is 2.45 bits per heavy atom. The third-order valence-electron chi connectivity index (χ3n) is 6.19. The number of benzene rings is 2. The highest BCUT2D eigenvalue weighted by Crippen LogP contribution is 2.51. The number of hydrogen-bond donors (Lipinski definition) is 0. The molecule has 0 bridgehead atoms. The van der Waals surface area contributed by atoms with E-state index >= 15 is 0 Å². The van der Waals surface area contributed by atoms with Gasteiger partial charge in [-0.15, -0.1) is 0 Å². The molecule has 2 aromatic rings. The Labute approximate surface area is 170 Å². The summed E-state index contributed by atoms with van der Waals surface area (Å²) in [6.45, 7) is 0.473. The van der Waals surface area contributed by atoms with Crippen molar-refractivity contribution in [2.75, 3.05) is 13.1 Å². The third kappa shape index (κ3) is 2.86. The molecular weight excluding hydrogens is 415 g/mol. The van der Waals surface area contributed by atoms with Gasteiger partial charge in [0.15, 0.2) is 0 Å². The lowest BCUT2D eigenvalue weighted by Gasteiger charge is -2.34. The molecule has 2 aliphatic heterocycles. The van der Waals surface area contributed by atoms with Gasteiger partial charge in [-0.3, -0.25) is 0 Å². The van der Waals surface area contributed by atoms with Crippen LogP contribution in [0.3, 0.4) is 0 Å². The molecule has 154 valence electrons. The molecular formula is C20H21FN2O4S2. The molecule has 0 N–H and O–H groups in total. The number of hydrogen-bond acceptors (Lipinski definition) is 4. The van der Waals surface area contributed by atoms with Crippen molar-refractivity contribution in [2.45, 2.75) is 41.5 Å². The second-order valence-electron chi connectivity index (χ2n) is 7.99. The molecule has 0 radical (unpaired) electrons. The van der Waals surface area contributed by atoms with Crippen LogP contribution >= 0.6 is 0 Å². The van der Waals surface area contributed by atoms with Crippen molar-refractivity contribution >= 4 is 20.0 Å². The molecule has 3 aliphatic rings. The first-order valence-corrected chi connectivity index (χ1v) is 12.6. The van der Waals surface area contributed by atoms with Crippen LogP contribution in [0.2, 0.25) is 0 Å². The highest BCUT2D eigenvalue weighted by atomic mass is 32.2. The summed E-state index contributed by atoms with van der Waals surface area (Å²) in [5, 5.41) is -0.337. The molecule has 2 aromatic carbocycles. The number of nitrogens with zero attached hydrogens (tertiary/aromatic N) is 2. The van der Waals surface area contributed by atoms with E-state index in [0.29, 0.717) is 36.9 Å². The Morgan fingerprint density at radius 1 is 1.07 bits per heavy atom. The molecule has 1 spiro atoms. The van der Waals surface area contributed by atoms with Gasteiger partial charge < -0.3 is 0 Å². The van der Waals surface area contributed by atoms with Crippen LogP contribution in [0.5, 0.6) is 0 Å². The summed E-state index contributed by atoms with van der Waals surface area (Å²) in [5.41, 5.74) is 0.368. The molecule has 0 unspecified atom stereocenters. The number of sulfonamides is 2. The summed E-state index contributed by atoms with van der Waals surface area (Å²) in [6, 6.07) is 12.6. The van der Waals surface area contributed by atoms with Gasteiger partial charge in [0, 0.05) is 19.6 Å². The number of rotatable bonds is 4. The Morgan fingerprint density at radius 2 is 1.76 bits per heavy atom. The Balaban J connectivity index is 1.59. The molecule has 1 atom stereocenters. The van der Waals surface area contributed by atoms with Gasteiger partial charge in [-0.05, 0) is 48.6 Å². The van der Waals surface area contributed by atoms with Crippen molar-refractivity contribution in [3.63, 3.8) is 0 Å². The second-order valence-corrected chi connectivity index (χ2v) is 12.0. The summed E-state index contributed by atoms with van der Waals surface area (Å²) < 4.78 is 68.7. The Bertz CT molecular complexity index is 1180. The van der Waals surface area contributed by atoms with E-state index < -0.39 is 31.4 Å². The van der Waals surface area contributed by atoms with Gasteiger partial charge in [-0.2, -0.15) is 8.61 Å². The molecule has 9 heteroatoms. The Hall–Kier alpha value is -1.81. The molecule has 6 nitrogen and oxygen atoms in total. The quantitative estimate of drug-likeness (QED) is 0.738. The maximum atomic E-state index is 13.4. The third-order valence-corrected chi connectivity index (χ3v) is 10.5. The highest BCUT2D eigenvalue weighted by Gasteiger charge is 2.59. The molecule has 1 aliphatic carbocycles. The van der Waals surface area contributed by atoms with E-state index in [-0.39, 0.29) is 23.2 Å². The lowest BCUT2D eigenvalue weighted by atomic mass is 9.88. The summed E-state index contributed by atoms with van der Waals surface area (Å²) in [7, 11) is -7.21. The van der Waals surface area contributed by atoms with Crippen molar-refractivity contribution < 1.29 is 21.2 Å². The Kier molecular flexibility index (Phi) is 4.19.